The molecule has 0 aromatic heterocycles. The summed E-state index contributed by atoms with van der Waals surface area (Å²) in [7, 11) is 0. The standard InChI is InChI=1S/C9H16N2O/c1-7(12)9-6-10-8-2-4-11(9)5-3-8/h8-10H,2-6H2,1H3. The van der Waals surface area contributed by atoms with Crippen molar-refractivity contribution in [3.63, 3.8) is 0 Å². The van der Waals surface area contributed by atoms with E-state index in [9.17, 15) is 4.79 Å². The highest BCUT2D eigenvalue weighted by Crippen LogP contribution is 2.17. The van der Waals surface area contributed by atoms with E-state index in [0.717, 1.165) is 19.6 Å². The van der Waals surface area contributed by atoms with Gasteiger partial charge in [0, 0.05) is 25.7 Å². The van der Waals surface area contributed by atoms with Crippen molar-refractivity contribution in [2.24, 2.45) is 0 Å². The second kappa shape index (κ2) is 3.15. The third-order valence-corrected chi connectivity index (χ3v) is 3.04. The first-order chi connectivity index (χ1) is 5.77. The molecule has 3 rings (SSSR count). The number of piperidine rings is 1. The van der Waals surface area contributed by atoms with Crippen LogP contribution >= 0.6 is 0 Å². The molecule has 3 saturated heterocycles. The van der Waals surface area contributed by atoms with E-state index in [4.69, 9.17) is 0 Å². The van der Waals surface area contributed by atoms with E-state index in [2.05, 4.69) is 10.2 Å². The highest BCUT2D eigenvalue weighted by atomic mass is 16.1. The summed E-state index contributed by atoms with van der Waals surface area (Å²) in [6, 6.07) is 0.822. The minimum absolute atomic E-state index is 0.150. The van der Waals surface area contributed by atoms with Crippen molar-refractivity contribution >= 4 is 5.78 Å². The minimum atomic E-state index is 0.150. The van der Waals surface area contributed by atoms with Gasteiger partial charge < -0.3 is 5.32 Å². The monoisotopic (exact) mass is 168 g/mol. The largest absolute Gasteiger partial charge is 0.312 e. The average Bonchev–Trinajstić information content (AvgIpc) is 2.36. The highest BCUT2D eigenvalue weighted by molar-refractivity contribution is 5.81. The molecule has 2 bridgehead atoms. The first kappa shape index (κ1) is 8.20. The first-order valence-electron chi connectivity index (χ1n) is 4.75. The van der Waals surface area contributed by atoms with E-state index in [1.807, 2.05) is 0 Å². The number of rotatable bonds is 1. The Morgan fingerprint density at radius 2 is 2.08 bits per heavy atom. The Kier molecular flexibility index (Phi) is 2.15. The fourth-order valence-electron chi connectivity index (χ4n) is 2.22. The summed E-state index contributed by atoms with van der Waals surface area (Å²) in [5.41, 5.74) is 0. The molecule has 0 spiro atoms. The number of Topliss-reactive ketones (excluding diaryl/α,β-unsaturated/α-hetero) is 1. The lowest BCUT2D eigenvalue weighted by Crippen LogP contribution is -2.43. The Labute approximate surface area is 73.1 Å². The van der Waals surface area contributed by atoms with Crippen molar-refractivity contribution in [1.82, 2.24) is 10.2 Å². The molecule has 3 aliphatic rings. The van der Waals surface area contributed by atoms with E-state index < -0.39 is 0 Å². The molecule has 3 fully saturated rings. The summed E-state index contributed by atoms with van der Waals surface area (Å²) >= 11 is 0. The van der Waals surface area contributed by atoms with Crippen molar-refractivity contribution in [1.29, 1.82) is 0 Å². The topological polar surface area (TPSA) is 32.3 Å². The zero-order valence-electron chi connectivity index (χ0n) is 7.55. The van der Waals surface area contributed by atoms with Gasteiger partial charge in [-0.05, 0) is 19.8 Å². The quantitative estimate of drug-likeness (QED) is 0.598. The first-order valence-corrected chi connectivity index (χ1v) is 4.75. The van der Waals surface area contributed by atoms with Gasteiger partial charge in [0.25, 0.3) is 0 Å². The second-order valence-corrected chi connectivity index (χ2v) is 3.84. The van der Waals surface area contributed by atoms with Crippen molar-refractivity contribution in [2.45, 2.75) is 31.8 Å². The van der Waals surface area contributed by atoms with Crippen LogP contribution in [0.1, 0.15) is 19.8 Å². The molecule has 3 nitrogen and oxygen atoms in total. The van der Waals surface area contributed by atoms with Gasteiger partial charge in [-0.25, -0.2) is 0 Å². The van der Waals surface area contributed by atoms with Crippen LogP contribution in [0.25, 0.3) is 0 Å². The molecule has 1 unspecified atom stereocenters. The molecule has 3 heteroatoms. The molecule has 0 saturated carbocycles. The number of nitrogens with one attached hydrogen (secondary N) is 1. The molecule has 0 radical (unpaired) electrons. The van der Waals surface area contributed by atoms with Crippen LogP contribution in [-0.4, -0.2) is 42.4 Å². The molecule has 3 heterocycles. The van der Waals surface area contributed by atoms with Crippen molar-refractivity contribution in [3.05, 3.63) is 0 Å². The molecule has 0 aromatic rings. The lowest BCUT2D eigenvalue weighted by atomic mass is 10.1. The fourth-order valence-corrected chi connectivity index (χ4v) is 2.22. The van der Waals surface area contributed by atoms with Crippen LogP contribution < -0.4 is 5.32 Å². The van der Waals surface area contributed by atoms with Gasteiger partial charge >= 0.3 is 0 Å². The van der Waals surface area contributed by atoms with Gasteiger partial charge in [-0.1, -0.05) is 0 Å². The van der Waals surface area contributed by atoms with Crippen LogP contribution in [0.4, 0.5) is 0 Å². The maximum absolute atomic E-state index is 11.3. The fraction of sp³-hybridized carbons (Fsp3) is 0.889. The van der Waals surface area contributed by atoms with Crippen LogP contribution in [0, 0.1) is 0 Å². The SMILES string of the molecule is CC(=O)C1CNC2CCN1CC2. The highest BCUT2D eigenvalue weighted by Gasteiger charge is 2.31. The van der Waals surface area contributed by atoms with Crippen molar-refractivity contribution in [3.8, 4) is 0 Å². The van der Waals surface area contributed by atoms with Gasteiger partial charge in [-0.3, -0.25) is 9.69 Å². The van der Waals surface area contributed by atoms with Gasteiger partial charge in [0.15, 0.2) is 0 Å². The van der Waals surface area contributed by atoms with E-state index in [-0.39, 0.29) is 6.04 Å². The van der Waals surface area contributed by atoms with Crippen LogP contribution in [0.5, 0.6) is 0 Å². The van der Waals surface area contributed by atoms with Crippen LogP contribution in [-0.2, 0) is 4.79 Å². The number of nitrogens with zero attached hydrogens (tertiary/aromatic N) is 1. The Bertz CT molecular complexity index is 185. The zero-order valence-corrected chi connectivity index (χ0v) is 7.55. The molecular formula is C9H16N2O. The zero-order chi connectivity index (χ0) is 8.55. The second-order valence-electron chi connectivity index (χ2n) is 3.84. The van der Waals surface area contributed by atoms with E-state index >= 15 is 0 Å². The predicted octanol–water partition coefficient (Wildman–Crippen LogP) is 0.0116. The Morgan fingerprint density at radius 1 is 1.42 bits per heavy atom. The summed E-state index contributed by atoms with van der Waals surface area (Å²) in [5, 5.41) is 3.44. The number of carbonyl (C=O) groups is 1. The lowest BCUT2D eigenvalue weighted by molar-refractivity contribution is -0.121. The van der Waals surface area contributed by atoms with Crippen molar-refractivity contribution < 1.29 is 4.79 Å². The molecule has 68 valence electrons. The normalized spacial score (nSPS) is 40.9. The average molecular weight is 168 g/mol. The Morgan fingerprint density at radius 3 is 2.67 bits per heavy atom. The number of ketones is 1. The molecule has 12 heavy (non-hydrogen) atoms. The van der Waals surface area contributed by atoms with Crippen molar-refractivity contribution in [2.75, 3.05) is 19.6 Å². The maximum atomic E-state index is 11.3. The number of carbonyl (C=O) groups excluding carboxylic acids is 1. The van der Waals surface area contributed by atoms with Gasteiger partial charge in [0.1, 0.15) is 5.78 Å². The molecule has 0 aliphatic carbocycles. The summed E-state index contributed by atoms with van der Waals surface area (Å²) in [6.45, 7) is 4.76. The summed E-state index contributed by atoms with van der Waals surface area (Å²) in [4.78, 5) is 13.6. The van der Waals surface area contributed by atoms with E-state index in [1.54, 1.807) is 6.92 Å². The Balaban J connectivity index is 2.10. The molecule has 1 N–H and O–H groups in total. The molecule has 1 atom stereocenters. The van der Waals surface area contributed by atoms with E-state index in [1.165, 1.54) is 12.8 Å². The van der Waals surface area contributed by atoms with Gasteiger partial charge in [-0.2, -0.15) is 0 Å². The number of hydrogen-bond donors (Lipinski definition) is 1. The minimum Gasteiger partial charge on any atom is -0.312 e. The summed E-state index contributed by atoms with van der Waals surface area (Å²) in [5.74, 6) is 0.310. The third kappa shape index (κ3) is 1.39. The molecular weight excluding hydrogens is 152 g/mol. The maximum Gasteiger partial charge on any atom is 0.148 e. The molecule has 3 aliphatic heterocycles. The van der Waals surface area contributed by atoms with Crippen LogP contribution in [0.2, 0.25) is 0 Å². The van der Waals surface area contributed by atoms with E-state index in [0.29, 0.717) is 11.8 Å². The predicted molar refractivity (Wildman–Crippen MR) is 47.1 cm³/mol. The van der Waals surface area contributed by atoms with Gasteiger partial charge in [0.05, 0.1) is 6.04 Å². The van der Waals surface area contributed by atoms with Crippen LogP contribution in [0.15, 0.2) is 0 Å². The molecule has 0 aromatic carbocycles. The number of fused-ring (bicyclic) bond motifs is 4. The summed E-state index contributed by atoms with van der Waals surface area (Å²) < 4.78 is 0. The lowest BCUT2D eigenvalue weighted by Gasteiger charge is -2.29. The Hall–Kier alpha value is -0.410. The smallest absolute Gasteiger partial charge is 0.148 e. The molecule has 0 amide bonds. The number of hydrogen-bond acceptors (Lipinski definition) is 3. The summed E-state index contributed by atoms with van der Waals surface area (Å²) in [6.07, 6.45) is 2.42. The van der Waals surface area contributed by atoms with Gasteiger partial charge in [-0.15, -0.1) is 0 Å². The third-order valence-electron chi connectivity index (χ3n) is 3.04. The van der Waals surface area contributed by atoms with Crippen LogP contribution in [0.3, 0.4) is 0 Å². The van der Waals surface area contributed by atoms with Gasteiger partial charge in [0.2, 0.25) is 0 Å².